The third-order valence-electron chi connectivity index (χ3n) is 11.7. The normalized spacial score (nSPS) is 60.0. The molecule has 0 aromatic carbocycles. The molecule has 29 heavy (non-hydrogen) atoms. The summed E-state index contributed by atoms with van der Waals surface area (Å²) in [4.78, 5) is 0. The maximum absolute atomic E-state index is 2.76. The fraction of sp³-hybridized carbons (Fsp3) is 1.00. The van der Waals surface area contributed by atoms with Crippen molar-refractivity contribution in [1.82, 2.24) is 0 Å². The van der Waals surface area contributed by atoms with Gasteiger partial charge in [0, 0.05) is 0 Å². The molecule has 0 aliphatic heterocycles. The van der Waals surface area contributed by atoms with Gasteiger partial charge >= 0.3 is 0 Å². The Labute approximate surface area is 181 Å². The summed E-state index contributed by atoms with van der Waals surface area (Å²) < 4.78 is 0. The van der Waals surface area contributed by atoms with Crippen LogP contribution in [0, 0.1) is 76.4 Å². The minimum atomic E-state index is 0. The molecule has 1 heteroatoms. The van der Waals surface area contributed by atoms with Crippen LogP contribution in [0.4, 0.5) is 0 Å². The van der Waals surface area contributed by atoms with Crippen LogP contribution >= 0.6 is 0 Å². The Hall–Kier alpha value is -0.0400. The van der Waals surface area contributed by atoms with Gasteiger partial charge in [-0.25, -0.2) is 0 Å². The zero-order chi connectivity index (χ0) is 18.5. The van der Waals surface area contributed by atoms with Gasteiger partial charge in [0.1, 0.15) is 0 Å². The molecule has 9 atom stereocenters. The van der Waals surface area contributed by atoms with Gasteiger partial charge in [0.15, 0.2) is 0 Å². The van der Waals surface area contributed by atoms with E-state index in [2.05, 4.69) is 27.7 Å². The highest BCUT2D eigenvalue weighted by Crippen LogP contribution is 2.72. The van der Waals surface area contributed by atoms with Crippen molar-refractivity contribution >= 4 is 0 Å². The molecule has 0 aromatic heterocycles. The maximum Gasteiger partial charge on any atom is -0.0261 e. The van der Waals surface area contributed by atoms with Crippen LogP contribution in [0.15, 0.2) is 0 Å². The highest BCUT2D eigenvalue weighted by Gasteiger charge is 2.64. The summed E-state index contributed by atoms with van der Waals surface area (Å²) in [6.45, 7) is 10.3. The van der Waals surface area contributed by atoms with Crippen molar-refractivity contribution in [2.24, 2.45) is 76.4 Å². The Bertz CT molecular complexity index is 581. The van der Waals surface area contributed by atoms with E-state index in [1.807, 2.05) is 0 Å². The van der Waals surface area contributed by atoms with Gasteiger partial charge in [-0.15, -0.1) is 0 Å². The molecule has 0 heterocycles. The van der Waals surface area contributed by atoms with E-state index in [4.69, 9.17) is 0 Å². The van der Waals surface area contributed by atoms with E-state index in [0.717, 1.165) is 58.7 Å². The van der Waals surface area contributed by atoms with E-state index < -0.39 is 0 Å². The molecule has 7 rings (SSSR count). The first kappa shape index (κ1) is 22.2. The molecule has 168 valence electrons. The third-order valence-corrected chi connectivity index (χ3v) is 11.7. The largest absolute Gasteiger partial charge is 0.412 e. The standard InChI is InChI=1S/C27H44.CH4.H2O/c1-15-7-23-24(8-15)25(23)20-10-18-11-21(12-18)26(27(4)14-22(27)13-20)19-6-5-16(2)17(3)9-19;;/h15-26H,5-14H2,1-4H3;1H4;1H2. The zero-order valence-electron chi connectivity index (χ0n) is 19.0. The molecular weight excluding hydrogens is 352 g/mol. The summed E-state index contributed by atoms with van der Waals surface area (Å²) >= 11 is 0. The lowest BCUT2D eigenvalue weighted by molar-refractivity contribution is 0.00429. The molecule has 7 aliphatic rings. The molecule has 7 fully saturated rings. The van der Waals surface area contributed by atoms with Crippen molar-refractivity contribution in [2.45, 2.75) is 99.3 Å². The lowest BCUT2D eigenvalue weighted by Gasteiger charge is -2.49. The van der Waals surface area contributed by atoms with Gasteiger partial charge in [0.05, 0.1) is 0 Å². The molecule has 0 spiro atoms. The highest BCUT2D eigenvalue weighted by atomic mass is 16.0. The quantitative estimate of drug-likeness (QED) is 0.466. The Morgan fingerprint density at radius 3 is 2.00 bits per heavy atom. The second kappa shape index (κ2) is 7.53. The van der Waals surface area contributed by atoms with Crippen LogP contribution in [0.5, 0.6) is 0 Å². The Morgan fingerprint density at radius 2 is 1.34 bits per heavy atom. The predicted octanol–water partition coefficient (Wildman–Crippen LogP) is 7.24. The SMILES string of the molecule is C.CC1CC2C(C1)C2C1CC2CC(C2)C(C2CCC(C)C(C)C2)C2(C)CC2C1.O. The van der Waals surface area contributed by atoms with Crippen LogP contribution < -0.4 is 0 Å². The van der Waals surface area contributed by atoms with Gasteiger partial charge in [0.2, 0.25) is 0 Å². The van der Waals surface area contributed by atoms with Gasteiger partial charge in [-0.05, 0) is 134 Å². The second-order valence-corrected chi connectivity index (χ2v) is 13.3. The van der Waals surface area contributed by atoms with Crippen LogP contribution in [0.3, 0.4) is 0 Å². The van der Waals surface area contributed by atoms with Crippen molar-refractivity contribution in [1.29, 1.82) is 0 Å². The molecule has 9 unspecified atom stereocenters. The van der Waals surface area contributed by atoms with Gasteiger partial charge < -0.3 is 5.48 Å². The van der Waals surface area contributed by atoms with Crippen LogP contribution in [-0.2, 0) is 0 Å². The van der Waals surface area contributed by atoms with Crippen LogP contribution in [0.25, 0.3) is 0 Å². The van der Waals surface area contributed by atoms with Gasteiger partial charge in [-0.3, -0.25) is 0 Å². The molecule has 1 nitrogen and oxygen atoms in total. The monoisotopic (exact) mass is 402 g/mol. The van der Waals surface area contributed by atoms with Crippen molar-refractivity contribution in [2.75, 3.05) is 0 Å². The zero-order valence-corrected chi connectivity index (χ0v) is 19.0. The van der Waals surface area contributed by atoms with Crippen molar-refractivity contribution in [3.8, 4) is 0 Å². The highest BCUT2D eigenvalue weighted by molar-refractivity contribution is 5.13. The average molecular weight is 403 g/mol. The van der Waals surface area contributed by atoms with Crippen molar-refractivity contribution in [3.63, 3.8) is 0 Å². The van der Waals surface area contributed by atoms with E-state index in [1.165, 1.54) is 24.2 Å². The average Bonchev–Trinajstić information content (AvgIpc) is 3.38. The number of hydrogen-bond acceptors (Lipinski definition) is 0. The lowest BCUT2D eigenvalue weighted by atomic mass is 9.56. The van der Waals surface area contributed by atoms with Crippen molar-refractivity contribution < 1.29 is 5.48 Å². The molecule has 0 aromatic rings. The number of hydrogen-bond donors (Lipinski definition) is 0. The Morgan fingerprint density at radius 1 is 0.690 bits per heavy atom. The Kier molecular flexibility index (Phi) is 5.75. The Balaban J connectivity index is 0.00000102. The smallest absolute Gasteiger partial charge is 0.0261 e. The van der Waals surface area contributed by atoms with E-state index >= 15 is 0 Å². The van der Waals surface area contributed by atoms with E-state index in [1.54, 1.807) is 57.8 Å². The minimum absolute atomic E-state index is 0. The number of rotatable bonds is 2. The first-order chi connectivity index (χ1) is 12.9. The molecule has 7 aliphatic carbocycles. The summed E-state index contributed by atoms with van der Waals surface area (Å²) in [6.07, 6.45) is 16.0. The van der Waals surface area contributed by atoms with E-state index in [9.17, 15) is 0 Å². The molecule has 0 saturated heterocycles. The van der Waals surface area contributed by atoms with Crippen molar-refractivity contribution in [3.05, 3.63) is 0 Å². The summed E-state index contributed by atoms with van der Waals surface area (Å²) in [7, 11) is 0. The summed E-state index contributed by atoms with van der Waals surface area (Å²) in [5.41, 5.74) is 0.750. The fourth-order valence-corrected chi connectivity index (χ4v) is 9.95. The molecule has 2 N–H and O–H groups in total. The summed E-state index contributed by atoms with van der Waals surface area (Å²) in [6, 6.07) is 0. The van der Waals surface area contributed by atoms with Crippen LogP contribution in [0.2, 0.25) is 0 Å². The maximum atomic E-state index is 2.76. The van der Waals surface area contributed by atoms with Gasteiger partial charge in [-0.2, -0.15) is 0 Å². The minimum Gasteiger partial charge on any atom is -0.412 e. The topological polar surface area (TPSA) is 31.5 Å². The first-order valence-electron chi connectivity index (χ1n) is 12.9. The molecular formula is C28H50O. The van der Waals surface area contributed by atoms with Crippen LogP contribution in [-0.4, -0.2) is 5.48 Å². The van der Waals surface area contributed by atoms with Gasteiger partial charge in [0.25, 0.3) is 0 Å². The first-order valence-corrected chi connectivity index (χ1v) is 12.9. The molecule has 0 amide bonds. The van der Waals surface area contributed by atoms with Crippen LogP contribution in [0.1, 0.15) is 99.3 Å². The summed E-state index contributed by atoms with van der Waals surface area (Å²) in [5.74, 6) is 13.2. The second-order valence-electron chi connectivity index (χ2n) is 13.3. The van der Waals surface area contributed by atoms with Gasteiger partial charge in [-0.1, -0.05) is 41.5 Å². The molecule has 2 bridgehead atoms. The summed E-state index contributed by atoms with van der Waals surface area (Å²) in [5, 5.41) is 0. The molecule has 0 radical (unpaired) electrons. The van der Waals surface area contributed by atoms with E-state index in [0.29, 0.717) is 0 Å². The number of fused-ring (bicyclic) bond motifs is 3. The predicted molar refractivity (Wildman–Crippen MR) is 124 cm³/mol. The fourth-order valence-electron chi connectivity index (χ4n) is 9.95. The molecule has 7 saturated carbocycles. The third kappa shape index (κ3) is 3.44. The van der Waals surface area contributed by atoms with E-state index in [-0.39, 0.29) is 12.9 Å². The lowest BCUT2D eigenvalue weighted by Crippen LogP contribution is -2.41.